The standard InChI is InChI=1S/C13H18N4O/c1-2-17-5-6-18-13(10-17)9-16-12-4-3-11(7-14)15-8-12/h3-4,8,13,16H,2,5-6,9-10H2,1H3. The molecule has 1 aliphatic rings. The molecule has 1 aromatic heterocycles. The molecule has 1 aliphatic heterocycles. The van der Waals surface area contributed by atoms with Gasteiger partial charge in [-0.15, -0.1) is 0 Å². The van der Waals surface area contributed by atoms with Crippen molar-refractivity contribution in [3.05, 3.63) is 24.0 Å². The van der Waals surface area contributed by atoms with Gasteiger partial charge in [0.2, 0.25) is 0 Å². The molecule has 18 heavy (non-hydrogen) atoms. The van der Waals surface area contributed by atoms with Gasteiger partial charge in [-0.25, -0.2) is 4.98 Å². The number of ether oxygens (including phenoxy) is 1. The van der Waals surface area contributed by atoms with Crippen LogP contribution in [0.25, 0.3) is 0 Å². The Morgan fingerprint density at radius 3 is 3.17 bits per heavy atom. The zero-order chi connectivity index (χ0) is 12.8. The van der Waals surface area contributed by atoms with Crippen molar-refractivity contribution in [1.82, 2.24) is 9.88 Å². The third-order valence-corrected chi connectivity index (χ3v) is 3.08. The molecule has 5 heteroatoms. The predicted octanol–water partition coefficient (Wildman–Crippen LogP) is 1.09. The van der Waals surface area contributed by atoms with Crippen LogP contribution in [0.1, 0.15) is 12.6 Å². The highest BCUT2D eigenvalue weighted by Crippen LogP contribution is 2.09. The van der Waals surface area contributed by atoms with Crippen LogP contribution in [-0.2, 0) is 4.74 Å². The first kappa shape index (κ1) is 12.8. The molecule has 0 saturated carbocycles. The van der Waals surface area contributed by atoms with Crippen LogP contribution in [0.5, 0.6) is 0 Å². The van der Waals surface area contributed by atoms with Crippen molar-refractivity contribution in [2.24, 2.45) is 0 Å². The van der Waals surface area contributed by atoms with Crippen molar-refractivity contribution in [2.45, 2.75) is 13.0 Å². The Kier molecular flexibility index (Phi) is 4.51. The lowest BCUT2D eigenvalue weighted by molar-refractivity contribution is -0.0191. The minimum atomic E-state index is 0.217. The van der Waals surface area contributed by atoms with Gasteiger partial charge in [0.05, 0.1) is 24.6 Å². The summed E-state index contributed by atoms with van der Waals surface area (Å²) in [7, 11) is 0. The van der Waals surface area contributed by atoms with E-state index in [9.17, 15) is 0 Å². The number of hydrogen-bond acceptors (Lipinski definition) is 5. The Bertz CT molecular complexity index is 412. The fourth-order valence-corrected chi connectivity index (χ4v) is 1.99. The molecule has 0 radical (unpaired) electrons. The summed E-state index contributed by atoms with van der Waals surface area (Å²) in [5.41, 5.74) is 1.36. The number of likely N-dealkylation sites (N-methyl/N-ethyl adjacent to an activating group) is 1. The number of nitriles is 1. The van der Waals surface area contributed by atoms with Crippen molar-refractivity contribution in [3.63, 3.8) is 0 Å². The SMILES string of the molecule is CCN1CCOC(CNc2ccc(C#N)nc2)C1. The summed E-state index contributed by atoms with van der Waals surface area (Å²) in [6, 6.07) is 5.58. The average molecular weight is 246 g/mol. The lowest BCUT2D eigenvalue weighted by atomic mass is 10.2. The van der Waals surface area contributed by atoms with E-state index in [1.807, 2.05) is 12.1 Å². The second kappa shape index (κ2) is 6.34. The first-order chi connectivity index (χ1) is 8.81. The second-order valence-electron chi connectivity index (χ2n) is 4.31. The van der Waals surface area contributed by atoms with Crippen LogP contribution in [0, 0.1) is 11.3 Å². The number of rotatable bonds is 4. The van der Waals surface area contributed by atoms with Gasteiger partial charge in [-0.2, -0.15) is 5.26 Å². The van der Waals surface area contributed by atoms with E-state index in [-0.39, 0.29) is 6.10 Å². The number of morpholine rings is 1. The number of nitrogens with zero attached hydrogens (tertiary/aromatic N) is 3. The van der Waals surface area contributed by atoms with E-state index in [4.69, 9.17) is 10.00 Å². The topological polar surface area (TPSA) is 61.2 Å². The number of nitrogens with one attached hydrogen (secondary N) is 1. The summed E-state index contributed by atoms with van der Waals surface area (Å²) >= 11 is 0. The van der Waals surface area contributed by atoms with Crippen molar-refractivity contribution in [2.75, 3.05) is 38.1 Å². The third-order valence-electron chi connectivity index (χ3n) is 3.08. The highest BCUT2D eigenvalue weighted by atomic mass is 16.5. The summed E-state index contributed by atoms with van der Waals surface area (Å²) in [5, 5.41) is 11.9. The molecule has 5 nitrogen and oxygen atoms in total. The van der Waals surface area contributed by atoms with Crippen LogP contribution in [-0.4, -0.2) is 48.8 Å². The molecule has 96 valence electrons. The van der Waals surface area contributed by atoms with E-state index in [0.717, 1.165) is 38.5 Å². The van der Waals surface area contributed by atoms with Crippen LogP contribution in [0.4, 0.5) is 5.69 Å². The average Bonchev–Trinajstić information content (AvgIpc) is 2.46. The van der Waals surface area contributed by atoms with Crippen molar-refractivity contribution in [3.8, 4) is 6.07 Å². The largest absolute Gasteiger partial charge is 0.381 e. The Morgan fingerprint density at radius 2 is 2.50 bits per heavy atom. The molecule has 1 fully saturated rings. The quantitative estimate of drug-likeness (QED) is 0.861. The Hall–Kier alpha value is -1.64. The molecular formula is C13H18N4O. The number of aromatic nitrogens is 1. The molecule has 0 spiro atoms. The summed E-state index contributed by atoms with van der Waals surface area (Å²) in [6.45, 7) is 6.78. The minimum absolute atomic E-state index is 0.217. The molecule has 0 aromatic carbocycles. The molecule has 0 amide bonds. The molecule has 1 unspecified atom stereocenters. The monoisotopic (exact) mass is 246 g/mol. The fourth-order valence-electron chi connectivity index (χ4n) is 1.99. The van der Waals surface area contributed by atoms with Gasteiger partial charge in [0, 0.05) is 19.6 Å². The lowest BCUT2D eigenvalue weighted by Crippen LogP contribution is -2.45. The third kappa shape index (κ3) is 3.42. The van der Waals surface area contributed by atoms with Gasteiger partial charge in [0.15, 0.2) is 0 Å². The van der Waals surface area contributed by atoms with Crippen LogP contribution in [0.2, 0.25) is 0 Å². The van der Waals surface area contributed by atoms with E-state index in [1.54, 1.807) is 12.3 Å². The molecule has 2 rings (SSSR count). The molecule has 1 aromatic rings. The highest BCUT2D eigenvalue weighted by molar-refractivity contribution is 5.42. The summed E-state index contributed by atoms with van der Waals surface area (Å²) in [6.07, 6.45) is 1.90. The predicted molar refractivity (Wildman–Crippen MR) is 69.3 cm³/mol. The maximum atomic E-state index is 8.66. The lowest BCUT2D eigenvalue weighted by Gasteiger charge is -2.32. The van der Waals surface area contributed by atoms with Gasteiger partial charge in [-0.3, -0.25) is 4.90 Å². The van der Waals surface area contributed by atoms with E-state index in [1.165, 1.54) is 0 Å². The van der Waals surface area contributed by atoms with Crippen LogP contribution < -0.4 is 5.32 Å². The molecule has 1 atom stereocenters. The van der Waals surface area contributed by atoms with Crippen molar-refractivity contribution < 1.29 is 4.74 Å². The van der Waals surface area contributed by atoms with E-state index in [0.29, 0.717) is 5.69 Å². The van der Waals surface area contributed by atoms with Gasteiger partial charge in [-0.05, 0) is 18.7 Å². The van der Waals surface area contributed by atoms with Gasteiger partial charge >= 0.3 is 0 Å². The normalized spacial score (nSPS) is 20.3. The first-order valence-electron chi connectivity index (χ1n) is 6.25. The molecular weight excluding hydrogens is 228 g/mol. The van der Waals surface area contributed by atoms with Crippen LogP contribution in [0.15, 0.2) is 18.3 Å². The minimum Gasteiger partial charge on any atom is -0.381 e. The van der Waals surface area contributed by atoms with E-state index in [2.05, 4.69) is 22.1 Å². The maximum Gasteiger partial charge on any atom is 0.140 e. The van der Waals surface area contributed by atoms with Gasteiger partial charge in [0.1, 0.15) is 11.8 Å². The zero-order valence-corrected chi connectivity index (χ0v) is 10.6. The highest BCUT2D eigenvalue weighted by Gasteiger charge is 2.18. The molecule has 1 saturated heterocycles. The van der Waals surface area contributed by atoms with Gasteiger partial charge in [0.25, 0.3) is 0 Å². The number of pyridine rings is 1. The number of anilines is 1. The summed E-state index contributed by atoms with van der Waals surface area (Å²) < 4.78 is 5.70. The molecule has 1 N–H and O–H groups in total. The molecule has 0 aliphatic carbocycles. The first-order valence-corrected chi connectivity index (χ1v) is 6.25. The van der Waals surface area contributed by atoms with E-state index >= 15 is 0 Å². The van der Waals surface area contributed by atoms with Crippen LogP contribution >= 0.6 is 0 Å². The van der Waals surface area contributed by atoms with Crippen molar-refractivity contribution >= 4 is 5.69 Å². The smallest absolute Gasteiger partial charge is 0.140 e. The summed E-state index contributed by atoms with van der Waals surface area (Å²) in [4.78, 5) is 6.40. The van der Waals surface area contributed by atoms with Gasteiger partial charge in [-0.1, -0.05) is 6.92 Å². The Labute approximate surface area is 107 Å². The maximum absolute atomic E-state index is 8.66. The van der Waals surface area contributed by atoms with Crippen LogP contribution in [0.3, 0.4) is 0 Å². The zero-order valence-electron chi connectivity index (χ0n) is 10.6. The van der Waals surface area contributed by atoms with E-state index < -0.39 is 0 Å². The molecule has 0 bridgehead atoms. The number of hydrogen-bond donors (Lipinski definition) is 1. The van der Waals surface area contributed by atoms with Crippen molar-refractivity contribution in [1.29, 1.82) is 5.26 Å². The Morgan fingerprint density at radius 1 is 1.61 bits per heavy atom. The van der Waals surface area contributed by atoms with Gasteiger partial charge < -0.3 is 10.1 Å². The second-order valence-corrected chi connectivity index (χ2v) is 4.31. The molecule has 2 heterocycles. The Balaban J connectivity index is 1.81. The summed E-state index contributed by atoms with van der Waals surface area (Å²) in [5.74, 6) is 0. The fraction of sp³-hybridized carbons (Fsp3) is 0.538.